The van der Waals surface area contributed by atoms with Crippen molar-refractivity contribution in [1.29, 1.82) is 0 Å². The minimum Gasteiger partial charge on any atom is -0.273 e. The van der Waals surface area contributed by atoms with E-state index in [1.165, 1.54) is 17.4 Å². The molecule has 1 aromatic heterocycles. The summed E-state index contributed by atoms with van der Waals surface area (Å²) in [6.07, 6.45) is 1.50. The van der Waals surface area contributed by atoms with Crippen molar-refractivity contribution in [3.8, 4) is 0 Å². The Morgan fingerprint density at radius 2 is 1.86 bits per heavy atom. The highest BCUT2D eigenvalue weighted by Crippen LogP contribution is 2.25. The van der Waals surface area contributed by atoms with Gasteiger partial charge in [0.15, 0.2) is 0 Å². The number of aryl methyl sites for hydroxylation is 1. The van der Waals surface area contributed by atoms with E-state index in [4.69, 9.17) is 0 Å². The Balaban J connectivity index is 2.05. The molecule has 5 nitrogen and oxygen atoms in total. The molecule has 0 unspecified atom stereocenters. The molecule has 0 spiro atoms. The fourth-order valence-electron chi connectivity index (χ4n) is 2.21. The van der Waals surface area contributed by atoms with Gasteiger partial charge in [-0.15, -0.1) is 11.3 Å². The zero-order valence-electron chi connectivity index (χ0n) is 11.7. The second-order valence-corrected chi connectivity index (χ2v) is 5.74. The van der Waals surface area contributed by atoms with Gasteiger partial charge in [0.2, 0.25) is 0 Å². The number of para-hydroxylation sites is 1. The van der Waals surface area contributed by atoms with Gasteiger partial charge in [0.25, 0.3) is 11.8 Å². The van der Waals surface area contributed by atoms with Crippen LogP contribution in [0.5, 0.6) is 0 Å². The van der Waals surface area contributed by atoms with Crippen LogP contribution in [-0.2, 0) is 9.59 Å². The number of carbonyl (C=O) groups excluding carboxylic acids is 3. The van der Waals surface area contributed by atoms with Crippen LogP contribution in [-0.4, -0.2) is 17.8 Å². The topological polar surface area (TPSA) is 66.5 Å². The molecule has 110 valence electrons. The largest absolute Gasteiger partial charge is 0.335 e. The summed E-state index contributed by atoms with van der Waals surface area (Å²) in [5.41, 5.74) is 1.19. The summed E-state index contributed by atoms with van der Waals surface area (Å²) in [4.78, 5) is 38.4. The molecule has 1 fully saturated rings. The number of hydrogen-bond acceptors (Lipinski definition) is 4. The van der Waals surface area contributed by atoms with Crippen molar-refractivity contribution in [2.75, 3.05) is 4.90 Å². The van der Waals surface area contributed by atoms with Crippen molar-refractivity contribution in [2.24, 2.45) is 0 Å². The molecule has 6 heteroatoms. The van der Waals surface area contributed by atoms with Gasteiger partial charge in [0, 0.05) is 4.88 Å². The lowest BCUT2D eigenvalue weighted by Crippen LogP contribution is -2.54. The van der Waals surface area contributed by atoms with E-state index < -0.39 is 17.8 Å². The molecule has 22 heavy (non-hydrogen) atoms. The zero-order chi connectivity index (χ0) is 15.7. The van der Waals surface area contributed by atoms with Crippen LogP contribution in [0.25, 0.3) is 6.08 Å². The molecule has 2 heterocycles. The van der Waals surface area contributed by atoms with Crippen LogP contribution in [0.1, 0.15) is 10.4 Å². The smallest absolute Gasteiger partial charge is 0.273 e. The number of nitrogens with one attached hydrogen (secondary N) is 1. The molecular weight excluding hydrogens is 300 g/mol. The highest BCUT2D eigenvalue weighted by Gasteiger charge is 2.37. The van der Waals surface area contributed by atoms with Crippen LogP contribution < -0.4 is 10.2 Å². The maximum atomic E-state index is 12.6. The van der Waals surface area contributed by atoms with Gasteiger partial charge in [0.1, 0.15) is 5.57 Å². The number of anilines is 1. The van der Waals surface area contributed by atoms with E-state index in [9.17, 15) is 14.4 Å². The number of barbiturate groups is 1. The van der Waals surface area contributed by atoms with E-state index >= 15 is 0 Å². The van der Waals surface area contributed by atoms with Gasteiger partial charge in [-0.3, -0.25) is 14.9 Å². The minimum atomic E-state index is -0.729. The van der Waals surface area contributed by atoms with Crippen molar-refractivity contribution < 1.29 is 14.4 Å². The summed E-state index contributed by atoms with van der Waals surface area (Å²) < 4.78 is 0. The predicted octanol–water partition coefficient (Wildman–Crippen LogP) is 2.72. The lowest BCUT2D eigenvalue weighted by atomic mass is 10.1. The SMILES string of the molecule is Cc1ccccc1N1C(=O)NC(=O)/C(=C\c2cccs2)C1=O. The third-order valence-corrected chi connectivity index (χ3v) is 4.11. The Hall–Kier alpha value is -2.73. The van der Waals surface area contributed by atoms with Gasteiger partial charge in [-0.2, -0.15) is 0 Å². The van der Waals surface area contributed by atoms with E-state index in [0.29, 0.717) is 5.69 Å². The first-order valence-corrected chi connectivity index (χ1v) is 7.46. The predicted molar refractivity (Wildman–Crippen MR) is 84.5 cm³/mol. The summed E-state index contributed by atoms with van der Waals surface area (Å²) in [5, 5.41) is 4.06. The molecule has 0 bridgehead atoms. The Morgan fingerprint density at radius 3 is 2.55 bits per heavy atom. The van der Waals surface area contributed by atoms with Crippen LogP contribution in [0.4, 0.5) is 10.5 Å². The zero-order valence-corrected chi connectivity index (χ0v) is 12.5. The average molecular weight is 312 g/mol. The van der Waals surface area contributed by atoms with Gasteiger partial charge < -0.3 is 0 Å². The fourth-order valence-corrected chi connectivity index (χ4v) is 2.86. The first kappa shape index (κ1) is 14.2. The number of carbonyl (C=O) groups is 3. The maximum absolute atomic E-state index is 12.6. The van der Waals surface area contributed by atoms with Crippen LogP contribution in [0.3, 0.4) is 0 Å². The van der Waals surface area contributed by atoms with E-state index in [1.807, 2.05) is 17.5 Å². The number of urea groups is 1. The molecule has 3 rings (SSSR count). The molecule has 0 radical (unpaired) electrons. The van der Waals surface area contributed by atoms with Crippen LogP contribution in [0.2, 0.25) is 0 Å². The lowest BCUT2D eigenvalue weighted by Gasteiger charge is -2.27. The highest BCUT2D eigenvalue weighted by molar-refractivity contribution is 7.10. The van der Waals surface area contributed by atoms with Gasteiger partial charge >= 0.3 is 6.03 Å². The first-order chi connectivity index (χ1) is 10.6. The van der Waals surface area contributed by atoms with E-state index in [0.717, 1.165) is 15.3 Å². The molecule has 1 aliphatic heterocycles. The van der Waals surface area contributed by atoms with Crippen molar-refractivity contribution in [2.45, 2.75) is 6.92 Å². The van der Waals surface area contributed by atoms with Crippen LogP contribution >= 0.6 is 11.3 Å². The van der Waals surface area contributed by atoms with Crippen molar-refractivity contribution in [1.82, 2.24) is 5.32 Å². The lowest BCUT2D eigenvalue weighted by molar-refractivity contribution is -0.122. The maximum Gasteiger partial charge on any atom is 0.335 e. The fraction of sp³-hybridized carbons (Fsp3) is 0.0625. The van der Waals surface area contributed by atoms with Crippen molar-refractivity contribution in [3.63, 3.8) is 0 Å². The minimum absolute atomic E-state index is 0.0506. The molecule has 0 saturated carbocycles. The van der Waals surface area contributed by atoms with Crippen LogP contribution in [0.15, 0.2) is 47.4 Å². The summed E-state index contributed by atoms with van der Waals surface area (Å²) in [5.74, 6) is -1.29. The number of thiophene rings is 1. The summed E-state index contributed by atoms with van der Waals surface area (Å²) in [6, 6.07) is 9.92. The standard InChI is InChI=1S/C16H12N2O3S/c1-10-5-2-3-7-13(10)18-15(20)12(14(19)17-16(18)21)9-11-6-4-8-22-11/h2-9H,1H3,(H,17,19,21)/b12-9+. The molecule has 1 aliphatic rings. The Morgan fingerprint density at radius 1 is 1.09 bits per heavy atom. The molecule has 1 saturated heterocycles. The summed E-state index contributed by atoms with van der Waals surface area (Å²) >= 11 is 1.41. The third-order valence-electron chi connectivity index (χ3n) is 3.29. The number of amides is 4. The molecule has 1 aromatic carbocycles. The normalized spacial score (nSPS) is 17.0. The number of benzene rings is 1. The number of rotatable bonds is 2. The molecule has 4 amide bonds. The Kier molecular flexibility index (Phi) is 3.60. The van der Waals surface area contributed by atoms with Gasteiger partial charge in [-0.05, 0) is 36.1 Å². The van der Waals surface area contributed by atoms with Crippen molar-refractivity contribution >= 4 is 40.9 Å². The van der Waals surface area contributed by atoms with Gasteiger partial charge in [-0.1, -0.05) is 24.3 Å². The Labute approximate surface area is 130 Å². The highest BCUT2D eigenvalue weighted by atomic mass is 32.1. The van der Waals surface area contributed by atoms with E-state index in [2.05, 4.69) is 5.32 Å². The third kappa shape index (κ3) is 2.44. The monoisotopic (exact) mass is 312 g/mol. The molecule has 0 atom stereocenters. The number of imide groups is 2. The Bertz CT molecular complexity index is 793. The second-order valence-electron chi connectivity index (χ2n) is 4.76. The molecule has 0 aliphatic carbocycles. The van der Waals surface area contributed by atoms with E-state index in [1.54, 1.807) is 31.2 Å². The number of hydrogen-bond donors (Lipinski definition) is 1. The summed E-state index contributed by atoms with van der Waals surface area (Å²) in [7, 11) is 0. The van der Waals surface area contributed by atoms with E-state index in [-0.39, 0.29) is 5.57 Å². The van der Waals surface area contributed by atoms with Gasteiger partial charge in [-0.25, -0.2) is 9.69 Å². The second kappa shape index (κ2) is 5.57. The van der Waals surface area contributed by atoms with Crippen LogP contribution in [0, 0.1) is 6.92 Å². The molecular formula is C16H12N2O3S. The molecule has 1 N–H and O–H groups in total. The average Bonchev–Trinajstić information content (AvgIpc) is 2.98. The van der Waals surface area contributed by atoms with Crippen molar-refractivity contribution in [3.05, 3.63) is 57.8 Å². The first-order valence-electron chi connectivity index (χ1n) is 6.58. The van der Waals surface area contributed by atoms with Gasteiger partial charge in [0.05, 0.1) is 5.69 Å². The quantitative estimate of drug-likeness (QED) is 0.685. The summed E-state index contributed by atoms with van der Waals surface area (Å²) in [6.45, 7) is 1.80. The number of nitrogens with zero attached hydrogens (tertiary/aromatic N) is 1. The molecule has 2 aromatic rings.